The Labute approximate surface area is 166 Å². The average Bonchev–Trinajstić information content (AvgIpc) is 3.20. The SMILES string of the molecule is Cl.O=C(c1ccc(Oc2ccccc2)cc1)N1CCC(N2CCNCC2)C1. The van der Waals surface area contributed by atoms with Crippen LogP contribution in [0.5, 0.6) is 11.5 Å². The van der Waals surface area contributed by atoms with E-state index in [1.807, 2.05) is 59.5 Å². The van der Waals surface area contributed by atoms with Gasteiger partial charge in [0.1, 0.15) is 11.5 Å². The number of likely N-dealkylation sites (tertiary alicyclic amines) is 1. The third kappa shape index (κ3) is 4.80. The standard InChI is InChI=1S/C21H25N3O2.ClH/c25-21(24-13-10-18(16-24)23-14-11-22-12-15-23)17-6-8-20(9-7-17)26-19-4-2-1-3-5-19;/h1-9,18,22H,10-16H2;1H. The second-order valence-corrected chi connectivity index (χ2v) is 6.92. The third-order valence-electron chi connectivity index (χ3n) is 5.20. The summed E-state index contributed by atoms with van der Waals surface area (Å²) < 4.78 is 5.80. The molecule has 0 saturated carbocycles. The summed E-state index contributed by atoms with van der Waals surface area (Å²) in [6.07, 6.45) is 1.07. The molecular formula is C21H26ClN3O2. The lowest BCUT2D eigenvalue weighted by Gasteiger charge is -2.32. The van der Waals surface area contributed by atoms with Gasteiger partial charge in [0.25, 0.3) is 5.91 Å². The van der Waals surface area contributed by atoms with Crippen LogP contribution in [0.4, 0.5) is 0 Å². The first-order chi connectivity index (χ1) is 12.8. The van der Waals surface area contributed by atoms with E-state index >= 15 is 0 Å². The molecule has 27 heavy (non-hydrogen) atoms. The maximum Gasteiger partial charge on any atom is 0.253 e. The molecular weight excluding hydrogens is 362 g/mol. The molecule has 2 aromatic rings. The number of benzene rings is 2. The molecule has 0 radical (unpaired) electrons. The fraction of sp³-hybridized carbons (Fsp3) is 0.381. The number of amides is 1. The molecule has 4 rings (SSSR count). The zero-order valence-corrected chi connectivity index (χ0v) is 16.2. The van der Waals surface area contributed by atoms with Crippen LogP contribution in [0, 0.1) is 0 Å². The lowest BCUT2D eigenvalue weighted by Crippen LogP contribution is -2.49. The van der Waals surface area contributed by atoms with Gasteiger partial charge in [-0.1, -0.05) is 18.2 Å². The van der Waals surface area contributed by atoms with E-state index < -0.39 is 0 Å². The van der Waals surface area contributed by atoms with Gasteiger partial charge in [0.15, 0.2) is 0 Å². The summed E-state index contributed by atoms with van der Waals surface area (Å²) in [7, 11) is 0. The maximum absolute atomic E-state index is 12.8. The van der Waals surface area contributed by atoms with Gasteiger partial charge < -0.3 is 15.0 Å². The summed E-state index contributed by atoms with van der Waals surface area (Å²) in [5.74, 6) is 1.66. The van der Waals surface area contributed by atoms with Crippen LogP contribution in [-0.4, -0.2) is 61.0 Å². The molecule has 0 bridgehead atoms. The van der Waals surface area contributed by atoms with Crippen LogP contribution >= 0.6 is 12.4 Å². The molecule has 5 nitrogen and oxygen atoms in total. The second kappa shape index (κ2) is 9.22. The molecule has 1 unspecified atom stereocenters. The average molecular weight is 388 g/mol. The first kappa shape index (κ1) is 19.7. The number of hydrogen-bond donors (Lipinski definition) is 1. The normalized spacial score (nSPS) is 20.1. The van der Waals surface area contributed by atoms with Crippen LogP contribution in [0.3, 0.4) is 0 Å². The predicted octanol–water partition coefficient (Wildman–Crippen LogP) is 3.02. The topological polar surface area (TPSA) is 44.8 Å². The van der Waals surface area contributed by atoms with Crippen LogP contribution in [0.1, 0.15) is 16.8 Å². The Kier molecular flexibility index (Phi) is 6.72. The minimum Gasteiger partial charge on any atom is -0.457 e. The summed E-state index contributed by atoms with van der Waals surface area (Å²) in [4.78, 5) is 17.3. The van der Waals surface area contributed by atoms with E-state index in [0.29, 0.717) is 6.04 Å². The Morgan fingerprint density at radius 1 is 0.926 bits per heavy atom. The quantitative estimate of drug-likeness (QED) is 0.875. The van der Waals surface area contributed by atoms with E-state index in [2.05, 4.69) is 10.2 Å². The van der Waals surface area contributed by atoms with Crippen molar-refractivity contribution in [3.63, 3.8) is 0 Å². The molecule has 1 amide bonds. The number of rotatable bonds is 4. The molecule has 144 valence electrons. The number of hydrogen-bond acceptors (Lipinski definition) is 4. The van der Waals surface area contributed by atoms with E-state index in [-0.39, 0.29) is 18.3 Å². The molecule has 6 heteroatoms. The van der Waals surface area contributed by atoms with Gasteiger partial charge in [-0.05, 0) is 42.8 Å². The molecule has 2 aliphatic heterocycles. The van der Waals surface area contributed by atoms with Crippen molar-refractivity contribution in [2.45, 2.75) is 12.5 Å². The minimum absolute atomic E-state index is 0. The highest BCUT2D eigenvalue weighted by Crippen LogP contribution is 2.23. The Morgan fingerprint density at radius 2 is 1.59 bits per heavy atom. The first-order valence-corrected chi connectivity index (χ1v) is 9.36. The Hall–Kier alpha value is -2.08. The van der Waals surface area contributed by atoms with Gasteiger partial charge in [-0.2, -0.15) is 0 Å². The van der Waals surface area contributed by atoms with Gasteiger partial charge >= 0.3 is 0 Å². The van der Waals surface area contributed by atoms with Crippen molar-refractivity contribution in [1.82, 2.24) is 15.1 Å². The zero-order valence-electron chi connectivity index (χ0n) is 15.3. The molecule has 0 aromatic heterocycles. The third-order valence-corrected chi connectivity index (χ3v) is 5.20. The number of nitrogens with zero attached hydrogens (tertiary/aromatic N) is 2. The van der Waals surface area contributed by atoms with Crippen molar-refractivity contribution >= 4 is 18.3 Å². The second-order valence-electron chi connectivity index (χ2n) is 6.92. The van der Waals surface area contributed by atoms with Gasteiger partial charge in [-0.3, -0.25) is 9.69 Å². The van der Waals surface area contributed by atoms with Crippen molar-refractivity contribution in [1.29, 1.82) is 0 Å². The highest BCUT2D eigenvalue weighted by atomic mass is 35.5. The summed E-state index contributed by atoms with van der Waals surface area (Å²) in [6.45, 7) is 5.94. The predicted molar refractivity (Wildman–Crippen MR) is 109 cm³/mol. The van der Waals surface area contributed by atoms with E-state index in [1.54, 1.807) is 0 Å². The lowest BCUT2D eigenvalue weighted by molar-refractivity contribution is 0.0773. The molecule has 2 aromatic carbocycles. The van der Waals surface area contributed by atoms with Crippen LogP contribution in [0.25, 0.3) is 0 Å². The van der Waals surface area contributed by atoms with Crippen LogP contribution < -0.4 is 10.1 Å². The fourth-order valence-electron chi connectivity index (χ4n) is 3.74. The highest BCUT2D eigenvalue weighted by Gasteiger charge is 2.31. The largest absolute Gasteiger partial charge is 0.457 e. The minimum atomic E-state index is 0. The van der Waals surface area contributed by atoms with E-state index in [4.69, 9.17) is 4.74 Å². The summed E-state index contributed by atoms with van der Waals surface area (Å²) in [5.41, 5.74) is 0.728. The van der Waals surface area contributed by atoms with Gasteiger partial charge in [0, 0.05) is 50.9 Å². The van der Waals surface area contributed by atoms with Crippen molar-refractivity contribution in [2.24, 2.45) is 0 Å². The number of halogens is 1. The molecule has 2 aliphatic rings. The summed E-state index contributed by atoms with van der Waals surface area (Å²) >= 11 is 0. The zero-order chi connectivity index (χ0) is 17.8. The molecule has 2 saturated heterocycles. The fourth-order valence-corrected chi connectivity index (χ4v) is 3.74. The summed E-state index contributed by atoms with van der Waals surface area (Å²) in [6, 6.07) is 17.6. The van der Waals surface area contributed by atoms with Gasteiger partial charge in [-0.25, -0.2) is 0 Å². The number of nitrogens with one attached hydrogen (secondary N) is 1. The lowest BCUT2D eigenvalue weighted by atomic mass is 10.2. The van der Waals surface area contributed by atoms with Gasteiger partial charge in [0.05, 0.1) is 0 Å². The van der Waals surface area contributed by atoms with E-state index in [9.17, 15) is 4.79 Å². The van der Waals surface area contributed by atoms with Crippen LogP contribution in [0.15, 0.2) is 54.6 Å². The molecule has 1 atom stereocenters. The van der Waals surface area contributed by atoms with Crippen LogP contribution in [0.2, 0.25) is 0 Å². The Bertz CT molecular complexity index is 733. The smallest absolute Gasteiger partial charge is 0.253 e. The summed E-state index contributed by atoms with van der Waals surface area (Å²) in [5, 5.41) is 3.39. The van der Waals surface area contributed by atoms with Crippen LogP contribution in [-0.2, 0) is 0 Å². The Morgan fingerprint density at radius 3 is 2.30 bits per heavy atom. The Balaban J connectivity index is 0.00000210. The molecule has 2 fully saturated rings. The highest BCUT2D eigenvalue weighted by molar-refractivity contribution is 5.94. The number of carbonyl (C=O) groups is 1. The van der Waals surface area contributed by atoms with Gasteiger partial charge in [-0.15, -0.1) is 12.4 Å². The number of para-hydroxylation sites is 1. The first-order valence-electron chi connectivity index (χ1n) is 9.36. The van der Waals surface area contributed by atoms with Crippen molar-refractivity contribution < 1.29 is 9.53 Å². The van der Waals surface area contributed by atoms with Gasteiger partial charge in [0.2, 0.25) is 0 Å². The number of piperazine rings is 1. The monoisotopic (exact) mass is 387 g/mol. The van der Waals surface area contributed by atoms with Crippen molar-refractivity contribution in [3.8, 4) is 11.5 Å². The number of ether oxygens (including phenoxy) is 1. The number of carbonyl (C=O) groups excluding carboxylic acids is 1. The van der Waals surface area contributed by atoms with Crippen molar-refractivity contribution in [2.75, 3.05) is 39.3 Å². The molecule has 1 N–H and O–H groups in total. The molecule has 0 spiro atoms. The maximum atomic E-state index is 12.8. The molecule has 0 aliphatic carbocycles. The van der Waals surface area contributed by atoms with Crippen molar-refractivity contribution in [3.05, 3.63) is 60.2 Å². The molecule has 2 heterocycles. The van der Waals surface area contributed by atoms with E-state index in [1.165, 1.54) is 0 Å². The van der Waals surface area contributed by atoms with E-state index in [0.717, 1.165) is 62.8 Å².